The summed E-state index contributed by atoms with van der Waals surface area (Å²) in [6.45, 7) is -0.0242. The molecule has 0 spiro atoms. The number of hydrogen-bond donors (Lipinski definition) is 2. The molecule has 0 saturated heterocycles. The number of carbonyl (C=O) groups is 1. The maximum Gasteiger partial charge on any atom is 0.255 e. The maximum atomic E-state index is 11.5. The van der Waals surface area contributed by atoms with E-state index in [1.54, 1.807) is 0 Å². The van der Waals surface area contributed by atoms with Crippen LogP contribution < -0.4 is 11.1 Å². The number of carbonyl (C=O) groups excluding carboxylic acids is 1. The van der Waals surface area contributed by atoms with E-state index in [4.69, 9.17) is 5.73 Å². The molecular formula is C7H14F2N2O. The van der Waals surface area contributed by atoms with Crippen LogP contribution in [0.4, 0.5) is 8.78 Å². The van der Waals surface area contributed by atoms with Gasteiger partial charge < -0.3 is 11.1 Å². The second-order valence-corrected chi connectivity index (χ2v) is 2.44. The lowest BCUT2D eigenvalue weighted by atomic mass is 10.2. The number of alkyl halides is 2. The summed E-state index contributed by atoms with van der Waals surface area (Å²) < 4.78 is 23.1. The van der Waals surface area contributed by atoms with Crippen LogP contribution in [-0.2, 0) is 4.79 Å². The van der Waals surface area contributed by atoms with E-state index in [-0.39, 0.29) is 12.3 Å². The van der Waals surface area contributed by atoms with Crippen molar-refractivity contribution >= 4 is 5.91 Å². The lowest BCUT2D eigenvalue weighted by Gasteiger charge is -2.02. The maximum absolute atomic E-state index is 11.5. The van der Waals surface area contributed by atoms with Crippen molar-refractivity contribution < 1.29 is 13.6 Å². The van der Waals surface area contributed by atoms with Gasteiger partial charge in [0.2, 0.25) is 5.91 Å². The summed E-state index contributed by atoms with van der Waals surface area (Å²) in [5.41, 5.74) is 5.19. The van der Waals surface area contributed by atoms with Crippen LogP contribution in [0.1, 0.15) is 19.3 Å². The fourth-order valence-electron chi connectivity index (χ4n) is 0.709. The number of unbranched alkanes of at least 4 members (excludes halogenated alkanes) is 1. The predicted molar refractivity (Wildman–Crippen MR) is 41.9 cm³/mol. The number of halogens is 2. The zero-order chi connectivity index (χ0) is 9.40. The summed E-state index contributed by atoms with van der Waals surface area (Å²) in [6.07, 6.45) is -0.777. The van der Waals surface area contributed by atoms with Crippen molar-refractivity contribution in [2.24, 2.45) is 5.73 Å². The van der Waals surface area contributed by atoms with Gasteiger partial charge >= 0.3 is 0 Å². The summed E-state index contributed by atoms with van der Waals surface area (Å²) >= 11 is 0. The van der Waals surface area contributed by atoms with Gasteiger partial charge in [0, 0.05) is 6.42 Å². The summed E-state index contributed by atoms with van der Waals surface area (Å²) in [5.74, 6) is -0.330. The minimum atomic E-state index is -2.47. The molecular weight excluding hydrogens is 166 g/mol. The van der Waals surface area contributed by atoms with Crippen molar-refractivity contribution in [3.8, 4) is 0 Å². The van der Waals surface area contributed by atoms with Crippen LogP contribution in [0.2, 0.25) is 0 Å². The third-order valence-electron chi connectivity index (χ3n) is 1.31. The average molecular weight is 180 g/mol. The first-order valence-electron chi connectivity index (χ1n) is 3.91. The first-order valence-corrected chi connectivity index (χ1v) is 3.91. The van der Waals surface area contributed by atoms with Gasteiger partial charge in [0.15, 0.2) is 0 Å². The molecule has 0 saturated carbocycles. The van der Waals surface area contributed by atoms with Crippen molar-refractivity contribution in [2.45, 2.75) is 25.7 Å². The molecule has 0 aliphatic heterocycles. The second kappa shape index (κ2) is 6.97. The Morgan fingerprint density at radius 3 is 2.58 bits per heavy atom. The van der Waals surface area contributed by atoms with Gasteiger partial charge in [-0.15, -0.1) is 0 Å². The van der Waals surface area contributed by atoms with Crippen LogP contribution in [0.15, 0.2) is 0 Å². The highest BCUT2D eigenvalue weighted by atomic mass is 19.3. The molecule has 0 unspecified atom stereocenters. The van der Waals surface area contributed by atoms with Gasteiger partial charge in [-0.3, -0.25) is 4.79 Å². The monoisotopic (exact) mass is 180 g/mol. The van der Waals surface area contributed by atoms with Crippen LogP contribution in [-0.4, -0.2) is 25.4 Å². The first kappa shape index (κ1) is 11.3. The SMILES string of the molecule is NCCCCC(=O)NCC(F)F. The van der Waals surface area contributed by atoms with Crippen molar-refractivity contribution in [2.75, 3.05) is 13.1 Å². The fourth-order valence-corrected chi connectivity index (χ4v) is 0.709. The molecule has 0 aromatic carbocycles. The molecule has 5 heteroatoms. The Hall–Kier alpha value is -0.710. The number of nitrogens with two attached hydrogens (primary N) is 1. The van der Waals surface area contributed by atoms with Crippen LogP contribution in [0.5, 0.6) is 0 Å². The Balaban J connectivity index is 3.22. The van der Waals surface area contributed by atoms with E-state index in [0.717, 1.165) is 6.42 Å². The summed E-state index contributed by atoms with van der Waals surface area (Å²) in [6, 6.07) is 0. The van der Waals surface area contributed by atoms with E-state index >= 15 is 0 Å². The number of amides is 1. The Labute approximate surface area is 70.3 Å². The van der Waals surface area contributed by atoms with Gasteiger partial charge in [0.05, 0.1) is 6.54 Å². The van der Waals surface area contributed by atoms with Crippen molar-refractivity contribution in [3.05, 3.63) is 0 Å². The van der Waals surface area contributed by atoms with Crippen LogP contribution in [0.3, 0.4) is 0 Å². The molecule has 12 heavy (non-hydrogen) atoms. The number of nitrogens with one attached hydrogen (secondary N) is 1. The standard InChI is InChI=1S/C7H14F2N2O/c8-6(9)5-11-7(12)3-1-2-4-10/h6H,1-5,10H2,(H,11,12). The molecule has 3 nitrogen and oxygen atoms in total. The van der Waals surface area contributed by atoms with Crippen LogP contribution in [0, 0.1) is 0 Å². The number of rotatable bonds is 6. The summed E-state index contributed by atoms with van der Waals surface area (Å²) in [4.78, 5) is 10.7. The van der Waals surface area contributed by atoms with Crippen molar-refractivity contribution in [3.63, 3.8) is 0 Å². The average Bonchev–Trinajstić information content (AvgIpc) is 2.01. The predicted octanol–water partition coefficient (Wildman–Crippen LogP) is 0.497. The van der Waals surface area contributed by atoms with Gasteiger partial charge in [-0.2, -0.15) is 0 Å². The molecule has 72 valence electrons. The first-order chi connectivity index (χ1) is 5.66. The minimum absolute atomic E-state index is 0.282. The van der Waals surface area contributed by atoms with Gasteiger partial charge in [0.25, 0.3) is 6.43 Å². The third kappa shape index (κ3) is 7.40. The summed E-state index contributed by atoms with van der Waals surface area (Å²) in [7, 11) is 0. The lowest BCUT2D eigenvalue weighted by molar-refractivity contribution is -0.121. The molecule has 0 rings (SSSR count). The van der Waals surface area contributed by atoms with E-state index in [2.05, 4.69) is 5.32 Å². The second-order valence-electron chi connectivity index (χ2n) is 2.44. The Morgan fingerprint density at radius 1 is 1.42 bits per heavy atom. The molecule has 3 N–H and O–H groups in total. The van der Waals surface area contributed by atoms with E-state index in [1.165, 1.54) is 0 Å². The Kier molecular flexibility index (Phi) is 6.55. The zero-order valence-corrected chi connectivity index (χ0v) is 6.85. The molecule has 0 aromatic heterocycles. The molecule has 0 heterocycles. The smallest absolute Gasteiger partial charge is 0.255 e. The highest BCUT2D eigenvalue weighted by molar-refractivity contribution is 5.75. The number of hydrogen-bond acceptors (Lipinski definition) is 2. The van der Waals surface area contributed by atoms with E-state index in [1.807, 2.05) is 0 Å². The molecule has 0 atom stereocenters. The fraction of sp³-hybridized carbons (Fsp3) is 0.857. The Morgan fingerprint density at radius 2 is 2.08 bits per heavy atom. The minimum Gasteiger partial charge on any atom is -0.350 e. The molecule has 0 aliphatic rings. The highest BCUT2D eigenvalue weighted by Crippen LogP contribution is 1.94. The van der Waals surface area contributed by atoms with Crippen molar-refractivity contribution in [1.82, 2.24) is 5.32 Å². The Bertz CT molecular complexity index is 131. The van der Waals surface area contributed by atoms with Gasteiger partial charge in [-0.1, -0.05) is 0 Å². The molecule has 0 fully saturated rings. The molecule has 0 bridgehead atoms. The van der Waals surface area contributed by atoms with Crippen LogP contribution in [0.25, 0.3) is 0 Å². The van der Waals surface area contributed by atoms with E-state index in [9.17, 15) is 13.6 Å². The van der Waals surface area contributed by atoms with Gasteiger partial charge in [-0.25, -0.2) is 8.78 Å². The quantitative estimate of drug-likeness (QED) is 0.585. The van der Waals surface area contributed by atoms with Crippen LogP contribution >= 0.6 is 0 Å². The van der Waals surface area contributed by atoms with Gasteiger partial charge in [0.1, 0.15) is 0 Å². The normalized spacial score (nSPS) is 10.3. The van der Waals surface area contributed by atoms with E-state index < -0.39 is 13.0 Å². The topological polar surface area (TPSA) is 55.1 Å². The largest absolute Gasteiger partial charge is 0.350 e. The molecule has 0 aromatic rings. The molecule has 1 amide bonds. The summed E-state index contributed by atoms with van der Waals surface area (Å²) in [5, 5.41) is 2.11. The lowest BCUT2D eigenvalue weighted by Crippen LogP contribution is -2.28. The van der Waals surface area contributed by atoms with Crippen molar-refractivity contribution in [1.29, 1.82) is 0 Å². The molecule has 0 aliphatic carbocycles. The highest BCUT2D eigenvalue weighted by Gasteiger charge is 2.05. The zero-order valence-electron chi connectivity index (χ0n) is 6.85. The van der Waals surface area contributed by atoms with Gasteiger partial charge in [-0.05, 0) is 19.4 Å². The third-order valence-corrected chi connectivity index (χ3v) is 1.31. The molecule has 0 radical (unpaired) electrons. The van der Waals surface area contributed by atoms with E-state index in [0.29, 0.717) is 13.0 Å².